The summed E-state index contributed by atoms with van der Waals surface area (Å²) in [4.78, 5) is 23.9. The molecule has 3 aliphatic rings. The second-order valence-corrected chi connectivity index (χ2v) is 10.1. The molecular weight excluding hydrogens is 463 g/mol. The molecule has 0 N–H and O–H groups in total. The number of hydrogen-bond acceptors (Lipinski definition) is 2. The highest BCUT2D eigenvalue weighted by Crippen LogP contribution is 2.77. The average Bonchev–Trinajstić information content (AvgIpc) is 2.95. The molecule has 9 heteroatoms. The number of imide groups is 1. The van der Waals surface area contributed by atoms with E-state index >= 15 is 0 Å². The van der Waals surface area contributed by atoms with Gasteiger partial charge in [-0.3, -0.25) is 9.59 Å². The number of carbonyl (C=O) groups is 2. The minimum atomic E-state index is -1.91. The maximum atomic E-state index is 13.2. The Labute approximate surface area is 180 Å². The van der Waals surface area contributed by atoms with Gasteiger partial charge >= 0.3 is 0 Å². The fraction of sp³-hybridized carbons (Fsp3) is 0.412. The molecule has 1 aromatic carbocycles. The topological polar surface area (TPSA) is 37.4 Å². The molecule has 1 heterocycles. The van der Waals surface area contributed by atoms with Crippen molar-refractivity contribution in [3.8, 4) is 0 Å². The van der Waals surface area contributed by atoms with Gasteiger partial charge in [-0.15, -0.1) is 23.2 Å². The van der Waals surface area contributed by atoms with E-state index in [1.807, 2.05) is 19.9 Å². The molecule has 4 unspecified atom stereocenters. The third kappa shape index (κ3) is 1.81. The number of anilines is 1. The first-order chi connectivity index (χ1) is 11.9. The Bertz CT molecular complexity index is 882. The van der Waals surface area contributed by atoms with Crippen molar-refractivity contribution in [2.45, 2.75) is 27.9 Å². The second-order valence-electron chi connectivity index (χ2n) is 6.86. The van der Waals surface area contributed by atoms with Crippen LogP contribution in [-0.2, 0) is 9.59 Å². The number of hydrogen-bond donors (Lipinski definition) is 0. The van der Waals surface area contributed by atoms with Gasteiger partial charge in [0.2, 0.25) is 11.8 Å². The second kappa shape index (κ2) is 5.46. The van der Waals surface area contributed by atoms with Crippen LogP contribution < -0.4 is 4.90 Å². The van der Waals surface area contributed by atoms with Gasteiger partial charge in [0.15, 0.2) is 4.33 Å². The number of halogens is 6. The minimum absolute atomic E-state index is 0.0924. The smallest absolute Gasteiger partial charge is 0.240 e. The number of alkyl halides is 4. The molecule has 2 aliphatic carbocycles. The monoisotopic (exact) mass is 471 g/mol. The molecule has 1 aromatic rings. The quantitative estimate of drug-likeness (QED) is 0.412. The number of benzene rings is 1. The van der Waals surface area contributed by atoms with E-state index in [2.05, 4.69) is 0 Å². The lowest BCUT2D eigenvalue weighted by molar-refractivity contribution is -0.123. The molecule has 2 bridgehead atoms. The lowest BCUT2D eigenvalue weighted by Crippen LogP contribution is -2.50. The fourth-order valence-corrected chi connectivity index (χ4v) is 7.04. The zero-order valence-electron chi connectivity index (χ0n) is 13.4. The first-order valence-electron chi connectivity index (χ1n) is 7.69. The summed E-state index contributed by atoms with van der Waals surface area (Å²) < 4.78 is -1.91. The van der Waals surface area contributed by atoms with Crippen molar-refractivity contribution < 1.29 is 9.59 Å². The van der Waals surface area contributed by atoms with Gasteiger partial charge in [0.05, 0.1) is 27.6 Å². The van der Waals surface area contributed by atoms with E-state index in [9.17, 15) is 9.59 Å². The van der Waals surface area contributed by atoms with Gasteiger partial charge in [0.25, 0.3) is 0 Å². The van der Waals surface area contributed by atoms with Gasteiger partial charge in [-0.25, -0.2) is 4.90 Å². The lowest BCUT2D eigenvalue weighted by atomic mass is 9.84. The molecule has 4 atom stereocenters. The number of nitrogens with zero attached hydrogens (tertiary/aromatic N) is 1. The molecule has 0 spiro atoms. The number of allylic oxidation sites excluding steroid dienone is 2. The number of fused-ring (bicyclic) bond motifs is 5. The first-order valence-corrected chi connectivity index (χ1v) is 9.96. The van der Waals surface area contributed by atoms with Crippen LogP contribution in [0.2, 0.25) is 0 Å². The van der Waals surface area contributed by atoms with Crippen LogP contribution in [-0.4, -0.2) is 25.9 Å². The van der Waals surface area contributed by atoms with Crippen molar-refractivity contribution >= 4 is 87.1 Å². The van der Waals surface area contributed by atoms with E-state index < -0.39 is 37.7 Å². The van der Waals surface area contributed by atoms with Crippen LogP contribution in [0.5, 0.6) is 0 Å². The van der Waals surface area contributed by atoms with Crippen molar-refractivity contribution in [3.05, 3.63) is 39.4 Å². The van der Waals surface area contributed by atoms with Crippen LogP contribution in [0, 0.1) is 25.7 Å². The van der Waals surface area contributed by atoms with E-state index in [-0.39, 0.29) is 10.1 Å². The molecule has 4 rings (SSSR count). The molecular formula is C17H11Cl6NO2. The van der Waals surface area contributed by atoms with E-state index in [1.54, 1.807) is 12.1 Å². The van der Waals surface area contributed by atoms with Gasteiger partial charge in [0.1, 0.15) is 9.75 Å². The Balaban J connectivity index is 1.90. The maximum Gasteiger partial charge on any atom is 0.240 e. The molecule has 0 radical (unpaired) electrons. The maximum absolute atomic E-state index is 13.2. The highest BCUT2D eigenvalue weighted by Gasteiger charge is 2.87. The van der Waals surface area contributed by atoms with Crippen molar-refractivity contribution in [2.24, 2.45) is 11.8 Å². The van der Waals surface area contributed by atoms with Crippen molar-refractivity contribution in [3.63, 3.8) is 0 Å². The van der Waals surface area contributed by atoms with Crippen LogP contribution in [0.25, 0.3) is 0 Å². The summed E-state index contributed by atoms with van der Waals surface area (Å²) in [6, 6.07) is 5.27. The lowest BCUT2D eigenvalue weighted by Gasteiger charge is -2.34. The Kier molecular flexibility index (Phi) is 4.03. The Morgan fingerprint density at radius 2 is 1.31 bits per heavy atom. The van der Waals surface area contributed by atoms with Crippen LogP contribution in [0.4, 0.5) is 5.69 Å². The first kappa shape index (κ1) is 19.2. The van der Waals surface area contributed by atoms with E-state index in [1.165, 1.54) is 0 Å². The molecule has 1 saturated carbocycles. The molecule has 2 amide bonds. The summed E-state index contributed by atoms with van der Waals surface area (Å²) in [5, 5.41) is -0.185. The third-order valence-electron chi connectivity index (χ3n) is 5.66. The van der Waals surface area contributed by atoms with Crippen molar-refractivity contribution in [1.82, 2.24) is 0 Å². The van der Waals surface area contributed by atoms with E-state index in [0.29, 0.717) is 5.69 Å². The van der Waals surface area contributed by atoms with Gasteiger partial charge in [0, 0.05) is 0 Å². The summed E-state index contributed by atoms with van der Waals surface area (Å²) in [6.07, 6.45) is 0. The molecule has 3 nitrogen and oxygen atoms in total. The summed E-state index contributed by atoms with van der Waals surface area (Å²) >= 11 is 38.8. The van der Waals surface area contributed by atoms with Crippen LogP contribution >= 0.6 is 69.6 Å². The van der Waals surface area contributed by atoms with Gasteiger partial charge in [-0.2, -0.15) is 0 Å². The molecule has 138 valence electrons. The Morgan fingerprint density at radius 1 is 0.846 bits per heavy atom. The standard InChI is InChI=1S/C17H11Cl6NO2/c1-6-3-4-8(5-7(6)2)24-13(25)9-10(14(24)26)16(21)12(19)11(18)15(9,20)17(16,22)23/h3-5,9-10H,1-2H3. The van der Waals surface area contributed by atoms with Crippen molar-refractivity contribution in [1.29, 1.82) is 0 Å². The Morgan fingerprint density at radius 3 is 1.73 bits per heavy atom. The van der Waals surface area contributed by atoms with Crippen molar-refractivity contribution in [2.75, 3.05) is 4.90 Å². The van der Waals surface area contributed by atoms with Gasteiger partial charge in [-0.05, 0) is 37.1 Å². The predicted molar refractivity (Wildman–Crippen MR) is 106 cm³/mol. The van der Waals surface area contributed by atoms with Gasteiger partial charge in [-0.1, -0.05) is 52.5 Å². The highest BCUT2D eigenvalue weighted by molar-refractivity contribution is 6.67. The summed E-state index contributed by atoms with van der Waals surface area (Å²) in [5.41, 5.74) is 2.39. The van der Waals surface area contributed by atoms with E-state index in [4.69, 9.17) is 69.6 Å². The predicted octanol–water partition coefficient (Wildman–Crippen LogP) is 5.25. The minimum Gasteiger partial charge on any atom is -0.274 e. The average molecular weight is 474 g/mol. The molecule has 1 saturated heterocycles. The number of aryl methyl sites for hydroxylation is 2. The van der Waals surface area contributed by atoms with Crippen LogP contribution in [0.15, 0.2) is 28.3 Å². The number of carbonyl (C=O) groups excluding carboxylic acids is 2. The zero-order chi connectivity index (χ0) is 19.4. The van der Waals surface area contributed by atoms with Crippen LogP contribution in [0.3, 0.4) is 0 Å². The van der Waals surface area contributed by atoms with Gasteiger partial charge < -0.3 is 0 Å². The molecule has 0 aromatic heterocycles. The Hall–Kier alpha value is -0.160. The normalized spacial score (nSPS) is 37.8. The number of rotatable bonds is 1. The molecule has 2 fully saturated rings. The SMILES string of the molecule is Cc1ccc(N2C(=O)C3C(C2=O)C2(Cl)C(Cl)=C(Cl)C3(Cl)C2(Cl)Cl)cc1C. The zero-order valence-corrected chi connectivity index (χ0v) is 18.0. The van der Waals surface area contributed by atoms with Crippen LogP contribution in [0.1, 0.15) is 11.1 Å². The summed E-state index contributed by atoms with van der Waals surface area (Å²) in [6.45, 7) is 3.82. The number of amides is 2. The van der Waals surface area contributed by atoms with E-state index in [0.717, 1.165) is 16.0 Å². The largest absolute Gasteiger partial charge is 0.274 e. The fourth-order valence-electron chi connectivity index (χ4n) is 4.11. The highest BCUT2D eigenvalue weighted by atomic mass is 35.5. The molecule has 1 aliphatic heterocycles. The molecule has 26 heavy (non-hydrogen) atoms. The summed E-state index contributed by atoms with van der Waals surface area (Å²) in [7, 11) is 0. The third-order valence-corrected chi connectivity index (χ3v) is 9.92. The summed E-state index contributed by atoms with van der Waals surface area (Å²) in [5.74, 6) is -3.32.